The number of hydrogen-bond donors (Lipinski definition) is 2. The van der Waals surface area contributed by atoms with E-state index in [4.69, 9.17) is 0 Å². The van der Waals surface area contributed by atoms with Gasteiger partial charge in [0.15, 0.2) is 0 Å². The average molecular weight is 196 g/mol. The Bertz CT molecular complexity index is 231. The maximum absolute atomic E-state index is 11.6. The molecule has 2 unspecified atom stereocenters. The summed E-state index contributed by atoms with van der Waals surface area (Å²) in [5.74, 6) is 1.18. The number of amides is 1. The standard InChI is InChI=1S/C11H20N2O/c1-11(2)5-9(11)7-13-10(14)8-3-4-12-6-8/h8-9,12H,3-7H2,1-2H3,(H,13,14). The predicted molar refractivity (Wildman–Crippen MR) is 55.9 cm³/mol. The second-order valence-electron chi connectivity index (χ2n) is 5.32. The lowest BCUT2D eigenvalue weighted by atomic mass is 10.1. The molecule has 3 heteroatoms. The summed E-state index contributed by atoms with van der Waals surface area (Å²) in [7, 11) is 0. The van der Waals surface area contributed by atoms with Gasteiger partial charge in [0.25, 0.3) is 0 Å². The van der Waals surface area contributed by atoms with E-state index in [1.807, 2.05) is 0 Å². The smallest absolute Gasteiger partial charge is 0.224 e. The molecular weight excluding hydrogens is 176 g/mol. The van der Waals surface area contributed by atoms with Crippen LogP contribution >= 0.6 is 0 Å². The zero-order valence-corrected chi connectivity index (χ0v) is 9.10. The molecule has 0 aromatic carbocycles. The fourth-order valence-electron chi connectivity index (χ4n) is 2.17. The van der Waals surface area contributed by atoms with Crippen molar-refractivity contribution in [3.8, 4) is 0 Å². The summed E-state index contributed by atoms with van der Waals surface area (Å²) in [4.78, 5) is 11.6. The fraction of sp³-hybridized carbons (Fsp3) is 0.909. The van der Waals surface area contributed by atoms with Gasteiger partial charge in [0, 0.05) is 13.1 Å². The molecule has 1 saturated heterocycles. The molecule has 1 aliphatic carbocycles. The molecule has 0 radical (unpaired) electrons. The molecule has 1 heterocycles. The van der Waals surface area contributed by atoms with Crippen molar-refractivity contribution in [2.24, 2.45) is 17.3 Å². The van der Waals surface area contributed by atoms with Crippen molar-refractivity contribution in [2.75, 3.05) is 19.6 Å². The van der Waals surface area contributed by atoms with Gasteiger partial charge in [-0.1, -0.05) is 13.8 Å². The molecular formula is C11H20N2O. The number of hydrogen-bond acceptors (Lipinski definition) is 2. The van der Waals surface area contributed by atoms with Crippen LogP contribution in [0.5, 0.6) is 0 Å². The van der Waals surface area contributed by atoms with Crippen LogP contribution in [0.25, 0.3) is 0 Å². The SMILES string of the molecule is CC1(C)CC1CNC(=O)C1CCNC1. The Hall–Kier alpha value is -0.570. The molecule has 1 saturated carbocycles. The molecule has 1 amide bonds. The highest BCUT2D eigenvalue weighted by atomic mass is 16.1. The van der Waals surface area contributed by atoms with Crippen LogP contribution in [-0.4, -0.2) is 25.5 Å². The summed E-state index contributed by atoms with van der Waals surface area (Å²) >= 11 is 0. The summed E-state index contributed by atoms with van der Waals surface area (Å²) in [6.07, 6.45) is 2.26. The van der Waals surface area contributed by atoms with Gasteiger partial charge >= 0.3 is 0 Å². The third-order valence-electron chi connectivity index (χ3n) is 3.67. The summed E-state index contributed by atoms with van der Waals surface area (Å²) in [6, 6.07) is 0. The fourth-order valence-corrected chi connectivity index (χ4v) is 2.17. The van der Waals surface area contributed by atoms with Crippen LogP contribution in [0.15, 0.2) is 0 Å². The highest BCUT2D eigenvalue weighted by Gasteiger charge is 2.45. The van der Waals surface area contributed by atoms with Gasteiger partial charge in [-0.3, -0.25) is 4.79 Å². The van der Waals surface area contributed by atoms with E-state index in [1.165, 1.54) is 6.42 Å². The Morgan fingerprint density at radius 2 is 2.29 bits per heavy atom. The normalized spacial score (nSPS) is 34.1. The Morgan fingerprint density at radius 3 is 2.79 bits per heavy atom. The summed E-state index contributed by atoms with van der Waals surface area (Å²) in [5, 5.41) is 6.28. The first-order chi connectivity index (χ1) is 6.59. The van der Waals surface area contributed by atoms with Gasteiger partial charge in [-0.05, 0) is 30.7 Å². The van der Waals surface area contributed by atoms with E-state index in [9.17, 15) is 4.79 Å². The largest absolute Gasteiger partial charge is 0.356 e. The van der Waals surface area contributed by atoms with Crippen LogP contribution in [0.1, 0.15) is 26.7 Å². The Kier molecular flexibility index (Phi) is 2.52. The molecule has 2 fully saturated rings. The van der Waals surface area contributed by atoms with Crippen molar-refractivity contribution in [3.63, 3.8) is 0 Å². The van der Waals surface area contributed by atoms with Crippen LogP contribution < -0.4 is 10.6 Å². The van der Waals surface area contributed by atoms with E-state index in [0.29, 0.717) is 11.3 Å². The summed E-state index contributed by atoms with van der Waals surface area (Å²) in [6.45, 7) is 7.26. The Labute approximate surface area is 85.6 Å². The number of nitrogens with one attached hydrogen (secondary N) is 2. The molecule has 2 N–H and O–H groups in total. The number of carbonyl (C=O) groups excluding carboxylic acids is 1. The van der Waals surface area contributed by atoms with Crippen LogP contribution in [0.2, 0.25) is 0 Å². The van der Waals surface area contributed by atoms with Crippen LogP contribution in [0.4, 0.5) is 0 Å². The highest BCUT2D eigenvalue weighted by Crippen LogP contribution is 2.50. The van der Waals surface area contributed by atoms with Crippen molar-refractivity contribution in [1.82, 2.24) is 10.6 Å². The van der Waals surface area contributed by atoms with E-state index in [0.717, 1.165) is 26.1 Å². The molecule has 80 valence electrons. The Balaban J connectivity index is 1.68. The Morgan fingerprint density at radius 1 is 1.57 bits per heavy atom. The third kappa shape index (κ3) is 2.08. The first-order valence-corrected chi connectivity index (χ1v) is 5.58. The minimum absolute atomic E-state index is 0.219. The van der Waals surface area contributed by atoms with Crippen molar-refractivity contribution < 1.29 is 4.79 Å². The molecule has 0 bridgehead atoms. The van der Waals surface area contributed by atoms with Gasteiger partial charge in [-0.2, -0.15) is 0 Å². The summed E-state index contributed by atoms with van der Waals surface area (Å²) in [5.41, 5.74) is 0.473. The maximum Gasteiger partial charge on any atom is 0.224 e. The lowest BCUT2D eigenvalue weighted by Gasteiger charge is -2.10. The van der Waals surface area contributed by atoms with Crippen LogP contribution in [0.3, 0.4) is 0 Å². The second kappa shape index (κ2) is 3.54. The molecule has 2 rings (SSSR count). The van der Waals surface area contributed by atoms with Gasteiger partial charge < -0.3 is 10.6 Å². The average Bonchev–Trinajstić information content (AvgIpc) is 2.58. The topological polar surface area (TPSA) is 41.1 Å². The van der Waals surface area contributed by atoms with Crippen LogP contribution in [-0.2, 0) is 4.79 Å². The van der Waals surface area contributed by atoms with Crippen molar-refractivity contribution in [2.45, 2.75) is 26.7 Å². The second-order valence-corrected chi connectivity index (χ2v) is 5.32. The zero-order valence-electron chi connectivity index (χ0n) is 9.10. The van der Waals surface area contributed by atoms with Gasteiger partial charge in [0.1, 0.15) is 0 Å². The van der Waals surface area contributed by atoms with E-state index in [-0.39, 0.29) is 11.8 Å². The molecule has 2 atom stereocenters. The molecule has 0 aromatic heterocycles. The van der Waals surface area contributed by atoms with E-state index < -0.39 is 0 Å². The lowest BCUT2D eigenvalue weighted by molar-refractivity contribution is -0.124. The van der Waals surface area contributed by atoms with Gasteiger partial charge in [-0.25, -0.2) is 0 Å². The third-order valence-corrected chi connectivity index (χ3v) is 3.67. The maximum atomic E-state index is 11.6. The van der Waals surface area contributed by atoms with Gasteiger partial charge in [-0.15, -0.1) is 0 Å². The van der Waals surface area contributed by atoms with Crippen molar-refractivity contribution >= 4 is 5.91 Å². The molecule has 0 aromatic rings. The first kappa shape index (κ1) is 9.97. The molecule has 0 spiro atoms. The van der Waals surface area contributed by atoms with Crippen LogP contribution in [0, 0.1) is 17.3 Å². The molecule has 14 heavy (non-hydrogen) atoms. The summed E-state index contributed by atoms with van der Waals surface area (Å²) < 4.78 is 0. The monoisotopic (exact) mass is 196 g/mol. The minimum Gasteiger partial charge on any atom is -0.356 e. The highest BCUT2D eigenvalue weighted by molar-refractivity contribution is 5.79. The van der Waals surface area contributed by atoms with Gasteiger partial charge in [0.2, 0.25) is 5.91 Å². The molecule has 3 nitrogen and oxygen atoms in total. The van der Waals surface area contributed by atoms with E-state index >= 15 is 0 Å². The number of carbonyl (C=O) groups is 1. The quantitative estimate of drug-likeness (QED) is 0.699. The lowest BCUT2D eigenvalue weighted by Crippen LogP contribution is -2.33. The number of rotatable bonds is 3. The van der Waals surface area contributed by atoms with E-state index in [1.54, 1.807) is 0 Å². The molecule has 1 aliphatic heterocycles. The predicted octanol–water partition coefficient (Wildman–Crippen LogP) is 0.758. The minimum atomic E-state index is 0.219. The molecule has 2 aliphatic rings. The van der Waals surface area contributed by atoms with Gasteiger partial charge in [0.05, 0.1) is 5.92 Å². The first-order valence-electron chi connectivity index (χ1n) is 5.58. The van der Waals surface area contributed by atoms with Crippen molar-refractivity contribution in [3.05, 3.63) is 0 Å². The van der Waals surface area contributed by atoms with E-state index in [2.05, 4.69) is 24.5 Å². The zero-order chi connectivity index (χ0) is 10.2. The van der Waals surface area contributed by atoms with Crippen molar-refractivity contribution in [1.29, 1.82) is 0 Å².